The third-order valence-corrected chi connectivity index (χ3v) is 16.9. The minimum atomic E-state index is 0.426. The van der Waals surface area contributed by atoms with Gasteiger partial charge in [-0.25, -0.2) is 29.9 Å². The van der Waals surface area contributed by atoms with Gasteiger partial charge in [-0.05, 0) is 143 Å². The molecule has 15 aromatic rings. The van der Waals surface area contributed by atoms with Crippen LogP contribution in [-0.2, 0) is 0 Å². The van der Waals surface area contributed by atoms with Gasteiger partial charge in [-0.15, -0.1) is 0 Å². The molecule has 0 aliphatic heterocycles. The predicted molar refractivity (Wildman–Crippen MR) is 372 cm³/mol. The number of aromatic nitrogens is 6. The van der Waals surface area contributed by atoms with Gasteiger partial charge in [-0.1, -0.05) is 237 Å². The van der Waals surface area contributed by atoms with Crippen molar-refractivity contribution >= 4 is 21.5 Å². The fraction of sp³-hybridized carbons (Fsp3) is 0. The lowest BCUT2D eigenvalue weighted by molar-refractivity contribution is 1.07. The van der Waals surface area contributed by atoms with E-state index < -0.39 is 0 Å². The van der Waals surface area contributed by atoms with Crippen LogP contribution in [0.15, 0.2) is 291 Å². The summed E-state index contributed by atoms with van der Waals surface area (Å²) in [5.41, 5.74) is 18.1. The molecule has 434 valence electrons. The second-order valence-corrected chi connectivity index (χ2v) is 22.7. The van der Waals surface area contributed by atoms with E-state index in [0.29, 0.717) is 57.2 Å². The second kappa shape index (κ2) is 24.7. The highest BCUT2D eigenvalue weighted by Crippen LogP contribution is 2.42. The zero-order valence-corrected chi connectivity index (χ0v) is 50.2. The van der Waals surface area contributed by atoms with Gasteiger partial charge in [0, 0.05) is 33.4 Å². The number of nitrogens with zero attached hydrogens (tertiary/aromatic N) is 10. The largest absolute Gasteiger partial charge is 0.208 e. The van der Waals surface area contributed by atoms with Crippen molar-refractivity contribution in [3.05, 3.63) is 313 Å². The summed E-state index contributed by atoms with van der Waals surface area (Å²) in [4.78, 5) is 30.6. The molecule has 0 fully saturated rings. The monoisotopic (exact) mass is 1200 g/mol. The molecule has 0 bridgehead atoms. The molecule has 0 saturated carbocycles. The van der Waals surface area contributed by atoms with Crippen molar-refractivity contribution in [1.29, 1.82) is 21.0 Å². The maximum Gasteiger partial charge on any atom is 0.164 e. The van der Waals surface area contributed by atoms with E-state index >= 15 is 0 Å². The normalized spacial score (nSPS) is 10.9. The molecule has 0 atom stereocenters. The number of fused-ring (bicyclic) bond motifs is 2. The van der Waals surface area contributed by atoms with Gasteiger partial charge < -0.3 is 0 Å². The van der Waals surface area contributed by atoms with E-state index in [1.165, 1.54) is 0 Å². The molecule has 0 amide bonds. The first-order valence-electron chi connectivity index (χ1n) is 30.4. The van der Waals surface area contributed by atoms with E-state index in [4.69, 9.17) is 29.9 Å². The Bertz CT molecular complexity index is 5500. The Morgan fingerprint density at radius 2 is 0.521 bits per heavy atom. The quantitative estimate of drug-likeness (QED) is 0.115. The molecule has 0 aliphatic rings. The fourth-order valence-electron chi connectivity index (χ4n) is 12.3. The average molecular weight is 1200 g/mol. The van der Waals surface area contributed by atoms with E-state index in [1.807, 2.05) is 164 Å². The van der Waals surface area contributed by atoms with Crippen LogP contribution in [0.25, 0.3) is 157 Å². The molecule has 2 aromatic heterocycles. The predicted octanol–water partition coefficient (Wildman–Crippen LogP) is 19.9. The molecular weight excluding hydrogens is 1150 g/mol. The Morgan fingerprint density at radius 1 is 0.191 bits per heavy atom. The molecule has 0 spiro atoms. The zero-order valence-electron chi connectivity index (χ0n) is 50.2. The topological polar surface area (TPSA) is 172 Å². The van der Waals surface area contributed by atoms with Gasteiger partial charge in [0.1, 0.15) is 0 Å². The van der Waals surface area contributed by atoms with Crippen molar-refractivity contribution in [2.45, 2.75) is 0 Å². The van der Waals surface area contributed by atoms with Crippen molar-refractivity contribution in [2.24, 2.45) is 0 Å². The van der Waals surface area contributed by atoms with Crippen LogP contribution < -0.4 is 0 Å². The van der Waals surface area contributed by atoms with Crippen LogP contribution in [0.1, 0.15) is 22.3 Å². The smallest absolute Gasteiger partial charge is 0.164 e. The maximum atomic E-state index is 9.89. The summed E-state index contributed by atoms with van der Waals surface area (Å²) in [5, 5.41) is 43.5. The number of hydrogen-bond donors (Lipinski definition) is 0. The first kappa shape index (κ1) is 56.8. The molecular formula is C84H48N10. The van der Waals surface area contributed by atoms with E-state index in [2.05, 4.69) is 140 Å². The summed E-state index contributed by atoms with van der Waals surface area (Å²) in [7, 11) is 0. The van der Waals surface area contributed by atoms with Crippen LogP contribution in [0.3, 0.4) is 0 Å². The molecule has 0 saturated heterocycles. The molecule has 2 heterocycles. The van der Waals surface area contributed by atoms with Crippen LogP contribution in [0.4, 0.5) is 0 Å². The third kappa shape index (κ3) is 11.2. The van der Waals surface area contributed by atoms with Crippen LogP contribution >= 0.6 is 0 Å². The fourth-order valence-corrected chi connectivity index (χ4v) is 12.3. The van der Waals surface area contributed by atoms with Crippen LogP contribution in [0.5, 0.6) is 0 Å². The minimum Gasteiger partial charge on any atom is -0.208 e. The number of rotatable bonds is 12. The van der Waals surface area contributed by atoms with Gasteiger partial charge >= 0.3 is 0 Å². The summed E-state index contributed by atoms with van der Waals surface area (Å²) in [6.07, 6.45) is 0. The Balaban J connectivity index is 0.841. The second-order valence-electron chi connectivity index (χ2n) is 22.7. The van der Waals surface area contributed by atoms with Gasteiger partial charge in [0.2, 0.25) is 0 Å². The van der Waals surface area contributed by atoms with Crippen molar-refractivity contribution in [1.82, 2.24) is 29.9 Å². The van der Waals surface area contributed by atoms with E-state index in [1.54, 1.807) is 12.1 Å². The molecule has 0 N–H and O–H groups in total. The summed E-state index contributed by atoms with van der Waals surface area (Å²) < 4.78 is 0. The Hall–Kier alpha value is -13.6. The van der Waals surface area contributed by atoms with Gasteiger partial charge in [-0.3, -0.25) is 0 Å². The average Bonchev–Trinajstić information content (AvgIpc) is 0.798. The van der Waals surface area contributed by atoms with Crippen molar-refractivity contribution in [2.75, 3.05) is 0 Å². The Labute approximate surface area is 542 Å². The summed E-state index contributed by atoms with van der Waals surface area (Å²) >= 11 is 0. The third-order valence-electron chi connectivity index (χ3n) is 16.9. The molecule has 0 radical (unpaired) electrons. The van der Waals surface area contributed by atoms with Crippen LogP contribution in [-0.4, -0.2) is 29.9 Å². The first-order valence-corrected chi connectivity index (χ1v) is 30.4. The lowest BCUT2D eigenvalue weighted by Gasteiger charge is -2.16. The van der Waals surface area contributed by atoms with E-state index in [-0.39, 0.29) is 0 Å². The maximum absolute atomic E-state index is 9.89. The van der Waals surface area contributed by atoms with Gasteiger partial charge in [0.05, 0.1) is 46.5 Å². The number of hydrogen-bond acceptors (Lipinski definition) is 10. The summed E-state index contributed by atoms with van der Waals surface area (Å²) in [6, 6.07) is 106. The minimum absolute atomic E-state index is 0.426. The van der Waals surface area contributed by atoms with Gasteiger partial charge in [0.25, 0.3) is 0 Å². The molecule has 15 rings (SSSR count). The number of nitriles is 4. The standard InChI is InChI=1S/C84H48N10/c85-49-53-40-54(50-86)43-69(42-53)57-28-32-59(33-29-57)72-24-13-27-75-76(47-70(48-77(72)75)58-30-36-65(37-31-58)82-90-79(62-14-4-1-5-15-62)89-80(91-82)63-16-6-2-7-17-63)67-22-10-23-68(46-67)84-93-81(64-18-8-3-9-19-64)92-83(94-84)66-38-34-60(35-39-66)73-25-11-20-61-21-12-26-74(78(61)73)71-44-55(51-87)41-56(45-71)52-88/h1-48H. The Morgan fingerprint density at radius 3 is 0.979 bits per heavy atom. The lowest BCUT2D eigenvalue weighted by Crippen LogP contribution is -2.00. The first-order chi connectivity index (χ1) is 46.3. The van der Waals surface area contributed by atoms with E-state index in [9.17, 15) is 21.0 Å². The van der Waals surface area contributed by atoms with Crippen molar-refractivity contribution in [3.8, 4) is 159 Å². The summed E-state index contributed by atoms with van der Waals surface area (Å²) in [5.74, 6) is 3.29. The van der Waals surface area contributed by atoms with Gasteiger partial charge in [0.15, 0.2) is 34.9 Å². The molecule has 10 nitrogen and oxygen atoms in total. The SMILES string of the molecule is N#Cc1cc(C#N)cc(-c2ccc(-c3cccc4c(-c5cccc(-c6nc(-c7ccccc7)nc(-c7ccc(-c8cccc9cccc(-c%10cc(C#N)cc(C#N)c%10)c89)cc7)n6)c5)cc(-c5ccc(-c6nc(-c7ccccc7)nc(-c7ccccc7)n6)cc5)cc34)cc2)c1. The van der Waals surface area contributed by atoms with E-state index in [0.717, 1.165) is 122 Å². The highest BCUT2D eigenvalue weighted by molar-refractivity contribution is 6.08. The molecule has 0 unspecified atom stereocenters. The summed E-state index contributed by atoms with van der Waals surface area (Å²) in [6.45, 7) is 0. The van der Waals surface area contributed by atoms with Crippen molar-refractivity contribution in [3.63, 3.8) is 0 Å². The number of benzene rings is 13. The van der Waals surface area contributed by atoms with Crippen molar-refractivity contribution < 1.29 is 0 Å². The van der Waals surface area contributed by atoms with Crippen LogP contribution in [0, 0.1) is 45.3 Å². The van der Waals surface area contributed by atoms with Gasteiger partial charge in [-0.2, -0.15) is 21.0 Å². The molecule has 94 heavy (non-hydrogen) atoms. The highest BCUT2D eigenvalue weighted by atomic mass is 15.0. The lowest BCUT2D eigenvalue weighted by atomic mass is 9.88. The molecule has 10 heteroatoms. The Kier molecular flexibility index (Phi) is 15.0. The molecule has 13 aromatic carbocycles. The molecule has 0 aliphatic carbocycles. The highest BCUT2D eigenvalue weighted by Gasteiger charge is 2.20. The van der Waals surface area contributed by atoms with Crippen LogP contribution in [0.2, 0.25) is 0 Å². The zero-order chi connectivity index (χ0) is 63.5.